The second-order valence-corrected chi connectivity index (χ2v) is 1.98. The molecule has 52 valence electrons. The average Bonchev–Trinajstić information content (AvgIpc) is 1.63. The Balaban J connectivity index is 3.10. The number of carbonyl (C=O) groups is 1. The van der Waals surface area contributed by atoms with E-state index in [-0.39, 0.29) is 17.4 Å². The topological polar surface area (TPSA) is 67.2 Å². The number of nitrogens with two attached hydrogens (primary N) is 1. The first-order valence-electron chi connectivity index (χ1n) is 2.40. The second-order valence-electron chi connectivity index (χ2n) is 1.54. The average molecular weight is 147 g/mol. The zero-order chi connectivity index (χ0) is 7.28. The second kappa shape index (κ2) is 4.22. The molecule has 4 nitrogen and oxygen atoms in total. The molecule has 0 atom stereocenters. The molecule has 0 saturated heterocycles. The highest BCUT2D eigenvalue weighted by molar-refractivity contribution is 7.80. The monoisotopic (exact) mass is 147 g/mol. The Bertz CT molecular complexity index is 111. The van der Waals surface area contributed by atoms with Crippen LogP contribution in [0.1, 0.15) is 6.92 Å². The third kappa shape index (κ3) is 7.32. The Kier molecular flexibility index (Phi) is 3.90. The fourth-order valence-electron chi connectivity index (χ4n) is 0.256. The van der Waals surface area contributed by atoms with E-state index in [2.05, 4.69) is 23.1 Å². The van der Waals surface area contributed by atoms with Crippen molar-refractivity contribution in [3.8, 4) is 0 Å². The Labute approximate surface area is 58.8 Å². The standard InChI is InChI=1S/C4H9N3OS/c1-3(8)2-6-7-4(5)9/h6H,2H2,1H3,(H3,5,7,9). The first kappa shape index (κ1) is 8.32. The first-order chi connectivity index (χ1) is 4.13. The van der Waals surface area contributed by atoms with Gasteiger partial charge in [-0.25, -0.2) is 5.43 Å². The fourth-order valence-corrected chi connectivity index (χ4v) is 0.328. The number of thiocarbonyl (C=S) groups is 1. The third-order valence-electron chi connectivity index (χ3n) is 0.549. The number of nitrogens with one attached hydrogen (secondary N) is 2. The first-order valence-corrected chi connectivity index (χ1v) is 2.81. The lowest BCUT2D eigenvalue weighted by atomic mass is 10.5. The molecule has 0 aliphatic carbocycles. The predicted octanol–water partition coefficient (Wildman–Crippen LogP) is -1.09. The number of carbonyl (C=O) groups excluding carboxylic acids is 1. The quantitative estimate of drug-likeness (QED) is 0.350. The molecule has 0 aromatic rings. The van der Waals surface area contributed by atoms with Gasteiger partial charge in [-0.2, -0.15) is 0 Å². The van der Waals surface area contributed by atoms with Crippen LogP contribution in [-0.2, 0) is 4.79 Å². The van der Waals surface area contributed by atoms with Gasteiger partial charge in [-0.15, -0.1) is 0 Å². The summed E-state index contributed by atoms with van der Waals surface area (Å²) >= 11 is 4.44. The predicted molar refractivity (Wildman–Crippen MR) is 38.6 cm³/mol. The molecule has 0 heterocycles. The number of ketones is 1. The summed E-state index contributed by atoms with van der Waals surface area (Å²) in [4.78, 5) is 10.2. The van der Waals surface area contributed by atoms with Crippen LogP contribution in [0.5, 0.6) is 0 Å². The lowest BCUT2D eigenvalue weighted by molar-refractivity contribution is -0.116. The van der Waals surface area contributed by atoms with Gasteiger partial charge in [-0.1, -0.05) is 0 Å². The molecule has 0 aliphatic heterocycles. The molecule has 0 saturated carbocycles. The van der Waals surface area contributed by atoms with E-state index in [0.717, 1.165) is 0 Å². The van der Waals surface area contributed by atoms with Crippen molar-refractivity contribution in [3.63, 3.8) is 0 Å². The van der Waals surface area contributed by atoms with Gasteiger partial charge < -0.3 is 5.73 Å². The van der Waals surface area contributed by atoms with Crippen molar-refractivity contribution in [2.75, 3.05) is 6.54 Å². The zero-order valence-corrected chi connectivity index (χ0v) is 5.92. The van der Waals surface area contributed by atoms with Gasteiger partial charge in [0.2, 0.25) is 0 Å². The van der Waals surface area contributed by atoms with E-state index in [1.807, 2.05) is 0 Å². The summed E-state index contributed by atoms with van der Waals surface area (Å²) < 4.78 is 0. The Morgan fingerprint density at radius 1 is 1.78 bits per heavy atom. The summed E-state index contributed by atoms with van der Waals surface area (Å²) in [6.07, 6.45) is 0. The van der Waals surface area contributed by atoms with Gasteiger partial charge in [0.1, 0.15) is 5.78 Å². The summed E-state index contributed by atoms with van der Waals surface area (Å²) in [5, 5.41) is 0.135. The molecule has 0 spiro atoms. The summed E-state index contributed by atoms with van der Waals surface area (Å²) in [5.74, 6) is 0.0266. The maximum atomic E-state index is 10.2. The highest BCUT2D eigenvalue weighted by atomic mass is 32.1. The molecule has 0 radical (unpaired) electrons. The Hall–Kier alpha value is -0.680. The minimum Gasteiger partial charge on any atom is -0.375 e. The van der Waals surface area contributed by atoms with Gasteiger partial charge in [0, 0.05) is 0 Å². The van der Waals surface area contributed by atoms with Crippen molar-refractivity contribution in [1.82, 2.24) is 10.9 Å². The van der Waals surface area contributed by atoms with Gasteiger partial charge in [0.05, 0.1) is 6.54 Å². The number of Topliss-reactive ketones (excluding diaryl/α,β-unsaturated/α-hetero) is 1. The number of hydrogen-bond donors (Lipinski definition) is 3. The van der Waals surface area contributed by atoms with Crippen LogP contribution in [0.2, 0.25) is 0 Å². The molecule has 0 bridgehead atoms. The van der Waals surface area contributed by atoms with E-state index in [0.29, 0.717) is 0 Å². The van der Waals surface area contributed by atoms with Gasteiger partial charge in [0.15, 0.2) is 5.11 Å². The minimum absolute atomic E-state index is 0.0266. The van der Waals surface area contributed by atoms with Crippen LogP contribution in [0.15, 0.2) is 0 Å². The third-order valence-corrected chi connectivity index (χ3v) is 0.651. The van der Waals surface area contributed by atoms with Crippen LogP contribution in [0, 0.1) is 0 Å². The lowest BCUT2D eigenvalue weighted by Gasteiger charge is -2.01. The molecule has 9 heavy (non-hydrogen) atoms. The zero-order valence-electron chi connectivity index (χ0n) is 5.10. The fraction of sp³-hybridized carbons (Fsp3) is 0.500. The molecular formula is C4H9N3OS. The van der Waals surface area contributed by atoms with Crippen molar-refractivity contribution >= 4 is 23.1 Å². The normalized spacial score (nSPS) is 8.56. The molecule has 0 unspecified atom stereocenters. The van der Waals surface area contributed by atoms with Crippen molar-refractivity contribution in [2.24, 2.45) is 5.73 Å². The van der Waals surface area contributed by atoms with Crippen LogP contribution in [0.3, 0.4) is 0 Å². The summed E-state index contributed by atoms with van der Waals surface area (Å²) in [7, 11) is 0. The van der Waals surface area contributed by atoms with E-state index >= 15 is 0 Å². The van der Waals surface area contributed by atoms with E-state index in [9.17, 15) is 4.79 Å². The molecule has 0 aromatic carbocycles. The summed E-state index contributed by atoms with van der Waals surface area (Å²) in [6.45, 7) is 1.70. The van der Waals surface area contributed by atoms with Crippen LogP contribution in [0.25, 0.3) is 0 Å². The Morgan fingerprint density at radius 2 is 2.33 bits per heavy atom. The van der Waals surface area contributed by atoms with Crippen molar-refractivity contribution in [3.05, 3.63) is 0 Å². The van der Waals surface area contributed by atoms with Crippen molar-refractivity contribution in [2.45, 2.75) is 6.92 Å². The molecule has 4 N–H and O–H groups in total. The van der Waals surface area contributed by atoms with Crippen LogP contribution >= 0.6 is 12.2 Å². The van der Waals surface area contributed by atoms with Gasteiger partial charge in [-0.3, -0.25) is 10.2 Å². The van der Waals surface area contributed by atoms with Gasteiger partial charge in [0.25, 0.3) is 0 Å². The van der Waals surface area contributed by atoms with Gasteiger partial charge >= 0.3 is 0 Å². The molecule has 5 heteroatoms. The number of hydrogen-bond acceptors (Lipinski definition) is 3. The lowest BCUT2D eigenvalue weighted by Crippen LogP contribution is -2.42. The molecule has 0 fully saturated rings. The Morgan fingerprint density at radius 3 is 2.67 bits per heavy atom. The SMILES string of the molecule is CC(=O)CNNC(N)=S. The molecular weight excluding hydrogens is 138 g/mol. The van der Waals surface area contributed by atoms with Gasteiger partial charge in [-0.05, 0) is 19.1 Å². The molecule has 0 rings (SSSR count). The highest BCUT2D eigenvalue weighted by Crippen LogP contribution is 1.59. The van der Waals surface area contributed by atoms with Crippen molar-refractivity contribution in [1.29, 1.82) is 0 Å². The van der Waals surface area contributed by atoms with Crippen LogP contribution in [-0.4, -0.2) is 17.4 Å². The van der Waals surface area contributed by atoms with E-state index in [1.165, 1.54) is 6.92 Å². The van der Waals surface area contributed by atoms with E-state index in [4.69, 9.17) is 5.73 Å². The molecule has 0 amide bonds. The minimum atomic E-state index is 0.0266. The maximum Gasteiger partial charge on any atom is 0.178 e. The maximum absolute atomic E-state index is 10.2. The smallest absolute Gasteiger partial charge is 0.178 e. The molecule has 0 aliphatic rings. The van der Waals surface area contributed by atoms with Crippen LogP contribution < -0.4 is 16.6 Å². The van der Waals surface area contributed by atoms with E-state index < -0.39 is 0 Å². The van der Waals surface area contributed by atoms with Crippen LogP contribution in [0.4, 0.5) is 0 Å². The largest absolute Gasteiger partial charge is 0.375 e. The van der Waals surface area contributed by atoms with E-state index in [1.54, 1.807) is 0 Å². The number of rotatable bonds is 3. The highest BCUT2D eigenvalue weighted by Gasteiger charge is 1.89. The molecule has 0 aromatic heterocycles. The number of hydrazine groups is 1. The van der Waals surface area contributed by atoms with Crippen molar-refractivity contribution < 1.29 is 4.79 Å². The summed E-state index contributed by atoms with van der Waals surface area (Å²) in [5.41, 5.74) is 9.96. The summed E-state index contributed by atoms with van der Waals surface area (Å²) in [6, 6.07) is 0.